The van der Waals surface area contributed by atoms with Crippen molar-refractivity contribution in [2.45, 2.75) is 6.92 Å². The summed E-state index contributed by atoms with van der Waals surface area (Å²) in [6, 6.07) is 11.0. The molecule has 4 nitrogen and oxygen atoms in total. The van der Waals surface area contributed by atoms with Gasteiger partial charge in [-0.25, -0.2) is 9.18 Å². The molecule has 0 saturated carbocycles. The van der Waals surface area contributed by atoms with E-state index in [4.69, 9.17) is 28.6 Å². The molecule has 7 heteroatoms. The molecule has 0 heterocycles. The SMILES string of the molecule is CCOC(=O)c1ccccc1NC(=S)Nc1ccc(F)c(Cl)c1. The summed E-state index contributed by atoms with van der Waals surface area (Å²) in [6.45, 7) is 2.02. The molecule has 2 rings (SSSR count). The minimum Gasteiger partial charge on any atom is -0.462 e. The summed E-state index contributed by atoms with van der Waals surface area (Å²) in [5.41, 5.74) is 1.41. The van der Waals surface area contributed by atoms with E-state index in [-0.39, 0.29) is 16.7 Å². The number of hydrogen-bond donors (Lipinski definition) is 2. The third-order valence-electron chi connectivity index (χ3n) is 2.85. The number of ether oxygens (including phenoxy) is 1. The first-order valence-corrected chi connectivity index (χ1v) is 7.59. The van der Waals surface area contributed by atoms with Gasteiger partial charge in [0.2, 0.25) is 0 Å². The minimum absolute atomic E-state index is 0.00952. The number of hydrogen-bond acceptors (Lipinski definition) is 3. The number of halogens is 2. The fourth-order valence-electron chi connectivity index (χ4n) is 1.84. The lowest BCUT2D eigenvalue weighted by Gasteiger charge is -2.13. The molecule has 2 aromatic rings. The van der Waals surface area contributed by atoms with E-state index in [1.54, 1.807) is 31.2 Å². The Balaban J connectivity index is 2.11. The lowest BCUT2D eigenvalue weighted by atomic mass is 10.2. The number of carbonyl (C=O) groups excluding carboxylic acids is 1. The van der Waals surface area contributed by atoms with E-state index in [2.05, 4.69) is 10.6 Å². The monoisotopic (exact) mass is 352 g/mol. The number of anilines is 2. The number of para-hydroxylation sites is 1. The van der Waals surface area contributed by atoms with Gasteiger partial charge in [-0.15, -0.1) is 0 Å². The number of benzene rings is 2. The second kappa shape index (κ2) is 7.89. The van der Waals surface area contributed by atoms with Crippen LogP contribution in [0.25, 0.3) is 0 Å². The zero-order valence-electron chi connectivity index (χ0n) is 12.2. The van der Waals surface area contributed by atoms with Crippen LogP contribution in [0.4, 0.5) is 15.8 Å². The Bertz CT molecular complexity index is 740. The molecule has 0 aliphatic heterocycles. The van der Waals surface area contributed by atoms with Crippen LogP contribution < -0.4 is 10.6 Å². The average Bonchev–Trinajstić information content (AvgIpc) is 2.51. The Morgan fingerprint density at radius 2 is 2.00 bits per heavy atom. The van der Waals surface area contributed by atoms with E-state index in [9.17, 15) is 9.18 Å². The molecular formula is C16H14ClFN2O2S. The third-order valence-corrected chi connectivity index (χ3v) is 3.34. The number of carbonyl (C=O) groups is 1. The van der Waals surface area contributed by atoms with Gasteiger partial charge in [-0.05, 0) is 49.5 Å². The topological polar surface area (TPSA) is 50.4 Å². The highest BCUT2D eigenvalue weighted by molar-refractivity contribution is 7.80. The molecule has 120 valence electrons. The van der Waals surface area contributed by atoms with Crippen LogP contribution in [-0.2, 0) is 4.74 Å². The number of rotatable bonds is 4. The Morgan fingerprint density at radius 3 is 2.70 bits per heavy atom. The summed E-state index contributed by atoms with van der Waals surface area (Å²) >= 11 is 10.9. The van der Waals surface area contributed by atoms with Crippen molar-refractivity contribution in [2.24, 2.45) is 0 Å². The van der Waals surface area contributed by atoms with Crippen LogP contribution in [0.2, 0.25) is 5.02 Å². The molecule has 0 spiro atoms. The number of esters is 1. The van der Waals surface area contributed by atoms with E-state index >= 15 is 0 Å². The van der Waals surface area contributed by atoms with E-state index < -0.39 is 11.8 Å². The molecule has 2 N–H and O–H groups in total. The van der Waals surface area contributed by atoms with Crippen LogP contribution in [0, 0.1) is 5.82 Å². The van der Waals surface area contributed by atoms with Crippen molar-refractivity contribution < 1.29 is 13.9 Å². The first-order chi connectivity index (χ1) is 11.0. The fraction of sp³-hybridized carbons (Fsp3) is 0.125. The maximum atomic E-state index is 13.1. The van der Waals surface area contributed by atoms with Crippen LogP contribution >= 0.6 is 23.8 Å². The van der Waals surface area contributed by atoms with Gasteiger partial charge in [0.1, 0.15) is 5.82 Å². The maximum absolute atomic E-state index is 13.1. The van der Waals surface area contributed by atoms with Gasteiger partial charge < -0.3 is 15.4 Å². The minimum atomic E-state index is -0.510. The van der Waals surface area contributed by atoms with Crippen LogP contribution in [0.3, 0.4) is 0 Å². The predicted molar refractivity (Wildman–Crippen MR) is 93.7 cm³/mol. The average molecular weight is 353 g/mol. The predicted octanol–water partition coefficient (Wildman–Crippen LogP) is 4.46. The van der Waals surface area contributed by atoms with Crippen molar-refractivity contribution in [2.75, 3.05) is 17.2 Å². The molecule has 0 aromatic heterocycles. The molecule has 0 fully saturated rings. The lowest BCUT2D eigenvalue weighted by molar-refractivity contribution is 0.0527. The van der Waals surface area contributed by atoms with Crippen molar-refractivity contribution in [3.05, 3.63) is 58.9 Å². The molecule has 0 unspecified atom stereocenters. The number of thiocarbonyl (C=S) groups is 1. The Hall–Kier alpha value is -2.18. The van der Waals surface area contributed by atoms with Gasteiger partial charge in [0, 0.05) is 5.69 Å². The quantitative estimate of drug-likeness (QED) is 0.628. The standard InChI is InChI=1S/C16H14ClFN2O2S/c1-2-22-15(21)11-5-3-4-6-14(11)20-16(23)19-10-7-8-13(18)12(17)9-10/h3-9H,2H2,1H3,(H2,19,20,23). The van der Waals surface area contributed by atoms with Gasteiger partial charge in [0.05, 0.1) is 22.9 Å². The first kappa shape index (κ1) is 17.2. The zero-order valence-corrected chi connectivity index (χ0v) is 13.8. The van der Waals surface area contributed by atoms with Gasteiger partial charge in [0.15, 0.2) is 5.11 Å². The third kappa shape index (κ3) is 4.64. The van der Waals surface area contributed by atoms with Crippen molar-refractivity contribution in [1.82, 2.24) is 0 Å². The highest BCUT2D eigenvalue weighted by atomic mass is 35.5. The van der Waals surface area contributed by atoms with Gasteiger partial charge >= 0.3 is 5.97 Å². The van der Waals surface area contributed by atoms with Gasteiger partial charge in [-0.1, -0.05) is 23.7 Å². The molecule has 0 amide bonds. The molecular weight excluding hydrogens is 339 g/mol. The Kier molecular flexibility index (Phi) is 5.90. The Morgan fingerprint density at radius 1 is 1.26 bits per heavy atom. The summed E-state index contributed by atoms with van der Waals surface area (Å²) in [4.78, 5) is 11.9. The summed E-state index contributed by atoms with van der Waals surface area (Å²) < 4.78 is 18.1. The van der Waals surface area contributed by atoms with E-state index in [1.807, 2.05) is 0 Å². The summed E-state index contributed by atoms with van der Waals surface area (Å²) in [5, 5.41) is 6.02. The summed E-state index contributed by atoms with van der Waals surface area (Å²) in [6.07, 6.45) is 0. The molecule has 0 radical (unpaired) electrons. The van der Waals surface area contributed by atoms with Crippen molar-refractivity contribution in [3.8, 4) is 0 Å². The van der Waals surface area contributed by atoms with Crippen LogP contribution in [0.15, 0.2) is 42.5 Å². The molecule has 0 saturated heterocycles. The van der Waals surface area contributed by atoms with E-state index in [0.717, 1.165) is 0 Å². The number of nitrogens with one attached hydrogen (secondary N) is 2. The van der Waals surface area contributed by atoms with Gasteiger partial charge in [0.25, 0.3) is 0 Å². The fourth-order valence-corrected chi connectivity index (χ4v) is 2.25. The van der Waals surface area contributed by atoms with Crippen molar-refractivity contribution >= 4 is 46.3 Å². The first-order valence-electron chi connectivity index (χ1n) is 6.80. The highest BCUT2D eigenvalue weighted by Crippen LogP contribution is 2.20. The van der Waals surface area contributed by atoms with E-state index in [0.29, 0.717) is 16.9 Å². The molecule has 23 heavy (non-hydrogen) atoms. The molecule has 0 atom stereocenters. The van der Waals surface area contributed by atoms with Crippen molar-refractivity contribution in [3.63, 3.8) is 0 Å². The molecule has 0 bridgehead atoms. The zero-order chi connectivity index (χ0) is 16.8. The second-order valence-electron chi connectivity index (χ2n) is 4.47. The van der Waals surface area contributed by atoms with Crippen LogP contribution in [0.5, 0.6) is 0 Å². The highest BCUT2D eigenvalue weighted by Gasteiger charge is 2.12. The van der Waals surface area contributed by atoms with Crippen molar-refractivity contribution in [1.29, 1.82) is 0 Å². The summed E-state index contributed by atoms with van der Waals surface area (Å²) in [7, 11) is 0. The molecule has 2 aromatic carbocycles. The lowest BCUT2D eigenvalue weighted by Crippen LogP contribution is -2.21. The van der Waals surface area contributed by atoms with Gasteiger partial charge in [-0.3, -0.25) is 0 Å². The Labute approximate surface area is 143 Å². The van der Waals surface area contributed by atoms with Gasteiger partial charge in [-0.2, -0.15) is 0 Å². The second-order valence-corrected chi connectivity index (χ2v) is 5.29. The molecule has 0 aliphatic rings. The smallest absolute Gasteiger partial charge is 0.340 e. The largest absolute Gasteiger partial charge is 0.462 e. The van der Waals surface area contributed by atoms with E-state index in [1.165, 1.54) is 18.2 Å². The van der Waals surface area contributed by atoms with Crippen LogP contribution in [0.1, 0.15) is 17.3 Å². The summed E-state index contributed by atoms with van der Waals surface area (Å²) in [5.74, 6) is -0.952. The normalized spacial score (nSPS) is 10.0. The molecule has 0 aliphatic carbocycles. The van der Waals surface area contributed by atoms with Crippen LogP contribution in [-0.4, -0.2) is 17.7 Å². The maximum Gasteiger partial charge on any atom is 0.340 e.